The summed E-state index contributed by atoms with van der Waals surface area (Å²) in [6, 6.07) is -5.14. The summed E-state index contributed by atoms with van der Waals surface area (Å²) >= 11 is 0. The van der Waals surface area contributed by atoms with Gasteiger partial charge in [0.25, 0.3) is 0 Å². The van der Waals surface area contributed by atoms with Gasteiger partial charge in [0.05, 0.1) is 13.0 Å². The Morgan fingerprint density at radius 1 is 1.00 bits per heavy atom. The van der Waals surface area contributed by atoms with Crippen molar-refractivity contribution in [3.8, 4) is 0 Å². The molecule has 6 amide bonds. The molecule has 10 N–H and O–H groups in total. The van der Waals surface area contributed by atoms with Gasteiger partial charge in [-0.3, -0.25) is 38.6 Å². The third-order valence-electron chi connectivity index (χ3n) is 8.02. The van der Waals surface area contributed by atoms with Gasteiger partial charge in [0, 0.05) is 31.5 Å². The summed E-state index contributed by atoms with van der Waals surface area (Å²) in [6.45, 7) is 1.61. The number of nitrogens with two attached hydrogens (primary N) is 2. The van der Waals surface area contributed by atoms with E-state index in [-0.39, 0.29) is 37.4 Å². The summed E-state index contributed by atoms with van der Waals surface area (Å²) in [7, 11) is 0. The van der Waals surface area contributed by atoms with Gasteiger partial charge in [-0.25, -0.2) is 0 Å². The predicted octanol–water partition coefficient (Wildman–Crippen LogP) is -3.22. The number of nitrogens with one attached hydrogen (secondary N) is 5. The van der Waals surface area contributed by atoms with Crippen molar-refractivity contribution in [2.75, 3.05) is 19.6 Å². The predicted molar refractivity (Wildman–Crippen MR) is 155 cm³/mol. The Balaban J connectivity index is 1.92. The van der Waals surface area contributed by atoms with Crippen LogP contribution in [0.2, 0.25) is 0 Å². The van der Waals surface area contributed by atoms with Crippen LogP contribution >= 0.6 is 0 Å². The van der Waals surface area contributed by atoms with Crippen molar-refractivity contribution >= 4 is 47.4 Å². The largest absolute Gasteiger partial charge is 0.481 e. The number of amides is 6. The van der Waals surface area contributed by atoms with Crippen LogP contribution in [-0.4, -0.2) is 107 Å². The van der Waals surface area contributed by atoms with Crippen LogP contribution in [0, 0.1) is 5.92 Å². The lowest BCUT2D eigenvalue weighted by Crippen LogP contribution is -2.65. The Morgan fingerprint density at radius 2 is 1.75 bits per heavy atom. The van der Waals surface area contributed by atoms with E-state index in [1.165, 1.54) is 4.90 Å². The van der Waals surface area contributed by atoms with E-state index < -0.39 is 78.6 Å². The second-order valence-electron chi connectivity index (χ2n) is 11.3. The first-order valence-electron chi connectivity index (χ1n) is 14.9. The number of unbranched alkanes of at least 4 members (excludes halogenated alkanes) is 1. The minimum atomic E-state index is -1.56. The van der Waals surface area contributed by atoms with E-state index in [1.807, 2.05) is 6.92 Å². The van der Waals surface area contributed by atoms with Crippen LogP contribution in [0.1, 0.15) is 64.7 Å². The molecular weight excluding hydrogens is 578 g/mol. The Hall–Kier alpha value is -4.44. The normalized spacial score (nSPS) is 27.6. The molecule has 17 nitrogen and oxygen atoms in total. The highest BCUT2D eigenvalue weighted by Gasteiger charge is 2.50. The number of hydrogen-bond acceptors (Lipinski definition) is 8. The minimum Gasteiger partial charge on any atom is -0.481 e. The summed E-state index contributed by atoms with van der Waals surface area (Å²) in [4.78, 5) is 95.7. The summed E-state index contributed by atoms with van der Waals surface area (Å²) in [5.74, 6) is -5.86. The van der Waals surface area contributed by atoms with Crippen LogP contribution in [0.25, 0.3) is 0 Å². The highest BCUT2D eigenvalue weighted by molar-refractivity contribution is 5.98. The number of aliphatic carboxylic acids is 1. The van der Waals surface area contributed by atoms with Crippen molar-refractivity contribution in [1.82, 2.24) is 31.5 Å². The molecule has 3 heterocycles. The lowest BCUT2D eigenvalue weighted by Gasteiger charge is -2.42. The first-order valence-corrected chi connectivity index (χ1v) is 14.9. The minimum absolute atomic E-state index is 0.0761. The molecule has 3 saturated heterocycles. The van der Waals surface area contributed by atoms with Gasteiger partial charge in [-0.1, -0.05) is 13.3 Å². The van der Waals surface area contributed by atoms with Crippen LogP contribution in [0.3, 0.4) is 0 Å². The fraction of sp³-hybridized carbons (Fsp3) is 0.704. The first kappa shape index (κ1) is 34.1. The summed E-state index contributed by atoms with van der Waals surface area (Å²) < 4.78 is 0. The number of piperidine rings is 1. The van der Waals surface area contributed by atoms with E-state index in [1.54, 1.807) is 0 Å². The highest BCUT2D eigenvalue weighted by atomic mass is 16.4. The fourth-order valence-corrected chi connectivity index (χ4v) is 5.82. The zero-order valence-corrected chi connectivity index (χ0v) is 24.8. The van der Waals surface area contributed by atoms with Crippen molar-refractivity contribution in [2.24, 2.45) is 22.4 Å². The number of guanidine groups is 1. The molecule has 0 saturated carbocycles. The number of nitrogens with zero attached hydrogens (tertiary/aromatic N) is 2. The Bertz CT molecular complexity index is 1160. The number of carbonyl (C=O) groups excluding carboxylic acids is 6. The van der Waals surface area contributed by atoms with Gasteiger partial charge < -0.3 is 48.1 Å². The zero-order chi connectivity index (χ0) is 32.4. The molecule has 0 aromatic heterocycles. The molecule has 0 aromatic carbocycles. The average Bonchev–Trinajstić information content (AvgIpc) is 3.40. The molecule has 3 fully saturated rings. The number of fused-ring (bicyclic) bond motifs is 1. The maximum absolute atomic E-state index is 14.0. The van der Waals surface area contributed by atoms with Gasteiger partial charge >= 0.3 is 5.97 Å². The molecule has 2 bridgehead atoms. The molecule has 6 atom stereocenters. The molecule has 0 aromatic rings. The molecule has 244 valence electrons. The third-order valence-corrected chi connectivity index (χ3v) is 8.02. The van der Waals surface area contributed by atoms with Crippen LogP contribution in [0.5, 0.6) is 0 Å². The molecular formula is C27H43N9O8. The first-order chi connectivity index (χ1) is 20.9. The van der Waals surface area contributed by atoms with Crippen molar-refractivity contribution in [3.63, 3.8) is 0 Å². The van der Waals surface area contributed by atoms with Gasteiger partial charge in [0.15, 0.2) is 5.96 Å². The molecule has 3 rings (SSSR count). The summed E-state index contributed by atoms with van der Waals surface area (Å²) in [5.41, 5.74) is 10.7. The molecule has 0 radical (unpaired) electrons. The highest BCUT2D eigenvalue weighted by Crippen LogP contribution is 2.35. The van der Waals surface area contributed by atoms with Crippen molar-refractivity contribution < 1.29 is 38.7 Å². The molecule has 44 heavy (non-hydrogen) atoms. The quantitative estimate of drug-likeness (QED) is 0.0650. The number of hydrogen-bond donors (Lipinski definition) is 8. The van der Waals surface area contributed by atoms with E-state index in [0.717, 1.165) is 6.42 Å². The molecule has 0 aliphatic carbocycles. The third kappa shape index (κ3) is 9.28. The Kier molecular flexibility index (Phi) is 12.3. The topological polar surface area (TPSA) is 268 Å². The van der Waals surface area contributed by atoms with Crippen molar-refractivity contribution in [3.05, 3.63) is 0 Å². The lowest BCUT2D eigenvalue weighted by atomic mass is 9.85. The maximum Gasteiger partial charge on any atom is 0.305 e. The smallest absolute Gasteiger partial charge is 0.305 e. The molecule has 3 aliphatic heterocycles. The number of carboxylic acids is 1. The van der Waals surface area contributed by atoms with Crippen LogP contribution < -0.4 is 38.1 Å². The fourth-order valence-electron chi connectivity index (χ4n) is 5.82. The van der Waals surface area contributed by atoms with E-state index in [9.17, 15) is 38.7 Å². The molecule has 0 spiro atoms. The van der Waals surface area contributed by atoms with E-state index in [4.69, 9.17) is 11.5 Å². The van der Waals surface area contributed by atoms with Crippen molar-refractivity contribution in [2.45, 2.75) is 94.9 Å². The number of carbonyl (C=O) groups is 7. The average molecular weight is 622 g/mol. The summed E-state index contributed by atoms with van der Waals surface area (Å²) in [6.07, 6.45) is 2.61. The monoisotopic (exact) mass is 621 g/mol. The Morgan fingerprint density at radius 3 is 2.43 bits per heavy atom. The van der Waals surface area contributed by atoms with Gasteiger partial charge in [-0.05, 0) is 38.5 Å². The van der Waals surface area contributed by atoms with E-state index in [2.05, 4.69) is 31.6 Å². The molecule has 17 heteroatoms. The molecule has 0 unspecified atom stereocenters. The van der Waals surface area contributed by atoms with E-state index >= 15 is 0 Å². The van der Waals surface area contributed by atoms with Crippen LogP contribution in [0.4, 0.5) is 0 Å². The SMILES string of the molecule is CCCCC(=O)NC[C@@H]1C[C@@H]2CC[C@H]3C(=O)N[C@@H](CCCN=C(N)N)C(=O)NCC(=O)N[C@@H](CC(=O)O)C(=O)N[C@H]1C(=O)N23. The Labute approximate surface area is 254 Å². The van der Waals surface area contributed by atoms with Crippen LogP contribution in [-0.2, 0) is 33.6 Å². The second-order valence-corrected chi connectivity index (χ2v) is 11.3. The molecule has 3 aliphatic rings. The maximum atomic E-state index is 14.0. The van der Waals surface area contributed by atoms with Crippen molar-refractivity contribution in [1.29, 1.82) is 0 Å². The zero-order valence-electron chi connectivity index (χ0n) is 24.8. The standard InChI is InChI=1S/C27H43N9O8/c1-2-3-6-19(37)31-12-14-10-15-7-8-18-25(43)34-16(5-4-9-30-27(28)29)23(41)32-13-20(38)33-17(11-21(39)40)24(42)35-22(14)26(44)36(15)18/h14-18,22H,2-13H2,1H3,(H,31,37)(H,32,41)(H,33,38)(H,34,43)(H,35,42)(H,39,40)(H4,28,29,30)/t14-,15-,16-,17-,18-,22+/m0/s1. The van der Waals surface area contributed by atoms with Crippen LogP contribution in [0.15, 0.2) is 4.99 Å². The summed E-state index contributed by atoms with van der Waals surface area (Å²) in [5, 5.41) is 22.2. The van der Waals surface area contributed by atoms with Gasteiger partial charge in [-0.2, -0.15) is 0 Å². The number of rotatable bonds is 11. The number of aliphatic imine (C=N–C) groups is 1. The lowest BCUT2D eigenvalue weighted by molar-refractivity contribution is -0.149. The number of carboxylic acid groups (broad SMARTS) is 1. The van der Waals surface area contributed by atoms with Gasteiger partial charge in [0.1, 0.15) is 24.2 Å². The van der Waals surface area contributed by atoms with E-state index in [0.29, 0.717) is 38.5 Å². The second kappa shape index (κ2) is 15.9. The van der Waals surface area contributed by atoms with Gasteiger partial charge in [-0.15, -0.1) is 0 Å². The van der Waals surface area contributed by atoms with Gasteiger partial charge in [0.2, 0.25) is 35.4 Å².